The number of fused-ring (bicyclic) bond motifs is 1. The van der Waals surface area contributed by atoms with Crippen LogP contribution in [0.1, 0.15) is 36.0 Å². The van der Waals surface area contributed by atoms with Crippen LogP contribution >= 0.6 is 0 Å². The van der Waals surface area contributed by atoms with Crippen molar-refractivity contribution in [3.8, 4) is 0 Å². The van der Waals surface area contributed by atoms with Gasteiger partial charge in [0.1, 0.15) is 11.6 Å². The summed E-state index contributed by atoms with van der Waals surface area (Å²) in [5.74, 6) is 2.25. The van der Waals surface area contributed by atoms with Crippen LogP contribution in [0.2, 0.25) is 0 Å². The smallest absolute Gasteiger partial charge is 0.243 e. The third kappa shape index (κ3) is 3.64. The number of methoxy groups -OCH3 is 1. The number of nitrogens with zero attached hydrogens (tertiary/aromatic N) is 4. The molecule has 0 amide bonds. The summed E-state index contributed by atoms with van der Waals surface area (Å²) in [7, 11) is -1.84. The van der Waals surface area contributed by atoms with Gasteiger partial charge in [-0.3, -0.25) is 0 Å². The lowest BCUT2D eigenvalue weighted by molar-refractivity contribution is 0.185. The first kappa shape index (κ1) is 18.5. The average molecular weight is 391 g/mol. The van der Waals surface area contributed by atoms with Crippen molar-refractivity contribution in [3.63, 3.8) is 0 Å². The molecule has 0 radical (unpaired) electrons. The molecule has 1 aromatic heterocycles. The number of benzene rings is 1. The molecule has 8 nitrogen and oxygen atoms in total. The third-order valence-electron chi connectivity index (χ3n) is 5.34. The largest absolute Gasteiger partial charge is 0.380 e. The van der Waals surface area contributed by atoms with Crippen molar-refractivity contribution in [1.82, 2.24) is 24.4 Å². The molecule has 1 fully saturated rings. The fourth-order valence-corrected chi connectivity index (χ4v) is 5.31. The molecule has 0 unspecified atom stereocenters. The van der Waals surface area contributed by atoms with Gasteiger partial charge in [-0.05, 0) is 30.5 Å². The summed E-state index contributed by atoms with van der Waals surface area (Å²) in [4.78, 5) is 0.340. The topological polar surface area (TPSA) is 89.4 Å². The van der Waals surface area contributed by atoms with E-state index in [1.165, 1.54) is 0 Å². The molecule has 2 aliphatic heterocycles. The zero-order valence-corrected chi connectivity index (χ0v) is 16.3. The lowest BCUT2D eigenvalue weighted by Gasteiger charge is -2.31. The lowest BCUT2D eigenvalue weighted by Crippen LogP contribution is -2.38. The maximum absolute atomic E-state index is 12.9. The molecule has 0 saturated carbocycles. The number of hydrogen-bond acceptors (Lipinski definition) is 6. The predicted molar refractivity (Wildman–Crippen MR) is 99.6 cm³/mol. The molecule has 27 heavy (non-hydrogen) atoms. The van der Waals surface area contributed by atoms with Crippen LogP contribution in [0.3, 0.4) is 0 Å². The second kappa shape index (κ2) is 7.67. The van der Waals surface area contributed by atoms with Crippen LogP contribution < -0.4 is 5.32 Å². The zero-order chi connectivity index (χ0) is 18.9. The van der Waals surface area contributed by atoms with Gasteiger partial charge in [0.15, 0.2) is 0 Å². The summed E-state index contributed by atoms with van der Waals surface area (Å²) in [6.07, 6.45) is 1.54. The maximum atomic E-state index is 12.9. The maximum Gasteiger partial charge on any atom is 0.243 e. The predicted octanol–water partition coefficient (Wildman–Crippen LogP) is 1.10. The van der Waals surface area contributed by atoms with E-state index in [-0.39, 0.29) is 5.92 Å². The van der Waals surface area contributed by atoms with Gasteiger partial charge < -0.3 is 14.6 Å². The van der Waals surface area contributed by atoms with E-state index < -0.39 is 10.0 Å². The molecule has 0 spiro atoms. The molecular weight excluding hydrogens is 366 g/mol. The van der Waals surface area contributed by atoms with Crippen LogP contribution in [0.15, 0.2) is 29.2 Å². The number of piperidine rings is 1. The summed E-state index contributed by atoms with van der Waals surface area (Å²) in [5, 5.41) is 12.0. The van der Waals surface area contributed by atoms with E-state index >= 15 is 0 Å². The van der Waals surface area contributed by atoms with E-state index in [2.05, 4.69) is 20.1 Å². The molecule has 1 saturated heterocycles. The van der Waals surface area contributed by atoms with E-state index in [1.54, 1.807) is 35.7 Å². The summed E-state index contributed by atoms with van der Waals surface area (Å²) >= 11 is 0. The molecule has 146 valence electrons. The van der Waals surface area contributed by atoms with Gasteiger partial charge in [-0.15, -0.1) is 10.2 Å². The molecule has 1 N–H and O–H groups in total. The second-order valence-electron chi connectivity index (χ2n) is 7.06. The van der Waals surface area contributed by atoms with Gasteiger partial charge in [-0.2, -0.15) is 4.31 Å². The van der Waals surface area contributed by atoms with Crippen molar-refractivity contribution in [2.75, 3.05) is 26.7 Å². The fourth-order valence-electron chi connectivity index (χ4n) is 3.84. The monoisotopic (exact) mass is 391 g/mol. The second-order valence-corrected chi connectivity index (χ2v) is 9.00. The molecule has 4 rings (SSSR count). The molecular formula is C18H25N5O3S. The SMILES string of the molecule is COCc1ccc(S(=O)(=O)N2CCC(c3nnc4n3CCNC4)CC2)cc1. The van der Waals surface area contributed by atoms with Crippen LogP contribution in [0.4, 0.5) is 0 Å². The summed E-state index contributed by atoms with van der Waals surface area (Å²) in [5.41, 5.74) is 0.959. The van der Waals surface area contributed by atoms with Crippen LogP contribution in [-0.2, 0) is 34.5 Å². The summed E-state index contributed by atoms with van der Waals surface area (Å²) < 4.78 is 34.7. The van der Waals surface area contributed by atoms with Gasteiger partial charge in [-0.25, -0.2) is 8.42 Å². The highest BCUT2D eigenvalue weighted by Crippen LogP contribution is 2.30. The highest BCUT2D eigenvalue weighted by molar-refractivity contribution is 7.89. The number of sulfonamides is 1. The molecule has 2 aromatic rings. The zero-order valence-electron chi connectivity index (χ0n) is 15.5. The first-order chi connectivity index (χ1) is 13.1. The van der Waals surface area contributed by atoms with Gasteiger partial charge >= 0.3 is 0 Å². The van der Waals surface area contributed by atoms with E-state index in [1.807, 2.05) is 0 Å². The number of aromatic nitrogens is 3. The van der Waals surface area contributed by atoms with Crippen LogP contribution in [0.5, 0.6) is 0 Å². The number of rotatable bonds is 5. The first-order valence-corrected chi connectivity index (χ1v) is 10.7. The minimum Gasteiger partial charge on any atom is -0.380 e. The lowest BCUT2D eigenvalue weighted by atomic mass is 9.97. The Hall–Kier alpha value is -1.81. The molecule has 9 heteroatoms. The first-order valence-electron chi connectivity index (χ1n) is 9.30. The Kier molecular flexibility index (Phi) is 5.27. The number of ether oxygens (including phenoxy) is 1. The quantitative estimate of drug-likeness (QED) is 0.821. The minimum atomic E-state index is -3.46. The van der Waals surface area contributed by atoms with Gasteiger partial charge in [0.05, 0.1) is 18.0 Å². The van der Waals surface area contributed by atoms with E-state index in [0.29, 0.717) is 24.6 Å². The fraction of sp³-hybridized carbons (Fsp3) is 0.556. The van der Waals surface area contributed by atoms with Crippen molar-refractivity contribution in [3.05, 3.63) is 41.5 Å². The van der Waals surface area contributed by atoms with Gasteiger partial charge in [0.2, 0.25) is 10.0 Å². The Labute approximate surface area is 159 Å². The molecule has 1 aromatic carbocycles. The molecule has 0 aliphatic carbocycles. The van der Waals surface area contributed by atoms with Gasteiger partial charge in [0, 0.05) is 39.2 Å². The van der Waals surface area contributed by atoms with E-state index in [0.717, 1.165) is 49.7 Å². The standard InChI is InChI=1S/C18H25N5O3S/c1-26-13-14-2-4-16(5-3-14)27(24,25)22-9-6-15(7-10-22)18-21-20-17-12-19-8-11-23(17)18/h2-5,15,19H,6-13H2,1H3. The molecule has 2 aliphatic rings. The van der Waals surface area contributed by atoms with E-state index in [4.69, 9.17) is 4.74 Å². The molecule has 0 atom stereocenters. The van der Waals surface area contributed by atoms with Crippen molar-refractivity contribution in [2.45, 2.75) is 43.4 Å². The van der Waals surface area contributed by atoms with Crippen LogP contribution in [-0.4, -0.2) is 54.2 Å². The van der Waals surface area contributed by atoms with Crippen molar-refractivity contribution >= 4 is 10.0 Å². The van der Waals surface area contributed by atoms with E-state index in [9.17, 15) is 8.42 Å². The van der Waals surface area contributed by atoms with Crippen LogP contribution in [0, 0.1) is 0 Å². The Morgan fingerprint density at radius 1 is 1.15 bits per heavy atom. The Bertz CT molecular complexity index is 886. The van der Waals surface area contributed by atoms with Crippen LogP contribution in [0.25, 0.3) is 0 Å². The summed E-state index contributed by atoms with van der Waals surface area (Å²) in [6.45, 7) is 4.04. The van der Waals surface area contributed by atoms with Crippen molar-refractivity contribution < 1.29 is 13.2 Å². The Balaban J connectivity index is 1.44. The average Bonchev–Trinajstić information content (AvgIpc) is 3.13. The highest BCUT2D eigenvalue weighted by atomic mass is 32.2. The van der Waals surface area contributed by atoms with Crippen molar-refractivity contribution in [1.29, 1.82) is 0 Å². The van der Waals surface area contributed by atoms with Crippen molar-refractivity contribution in [2.24, 2.45) is 0 Å². The molecule has 3 heterocycles. The normalized spacial score (nSPS) is 19.1. The highest BCUT2D eigenvalue weighted by Gasteiger charge is 2.32. The summed E-state index contributed by atoms with van der Waals surface area (Å²) in [6, 6.07) is 6.94. The minimum absolute atomic E-state index is 0.264. The number of hydrogen-bond donors (Lipinski definition) is 1. The Morgan fingerprint density at radius 3 is 2.59 bits per heavy atom. The van der Waals surface area contributed by atoms with Gasteiger partial charge in [-0.1, -0.05) is 12.1 Å². The number of nitrogens with one attached hydrogen (secondary N) is 1. The third-order valence-corrected chi connectivity index (χ3v) is 7.26. The Morgan fingerprint density at radius 2 is 1.89 bits per heavy atom. The van der Waals surface area contributed by atoms with Gasteiger partial charge in [0.25, 0.3) is 0 Å². The molecule has 0 bridgehead atoms.